The van der Waals surface area contributed by atoms with E-state index < -0.39 is 0 Å². The van der Waals surface area contributed by atoms with E-state index in [0.717, 1.165) is 21.4 Å². The zero-order valence-electron chi connectivity index (χ0n) is 11.6. The van der Waals surface area contributed by atoms with Crippen molar-refractivity contribution in [1.82, 2.24) is 4.90 Å². The van der Waals surface area contributed by atoms with Gasteiger partial charge >= 0.3 is 0 Å². The molecule has 0 aliphatic rings. The maximum Gasteiger partial charge on any atom is 0.0546 e. The summed E-state index contributed by atoms with van der Waals surface area (Å²) < 4.78 is 0. The standard InChI is InChI=1S/C15H14Cl3NS.ClH/c1-19(2)9-10-7-11(16)4-6-14(10)20-15-8-12(17)3-5-13(15)18;/h3-8H,9H2,1-2H3;1H. The van der Waals surface area contributed by atoms with Crippen LogP contribution in [0.5, 0.6) is 0 Å². The molecule has 0 N–H and O–H groups in total. The molecule has 0 heterocycles. The second kappa shape index (κ2) is 8.52. The first-order valence-corrected chi connectivity index (χ1v) is 7.97. The van der Waals surface area contributed by atoms with Gasteiger partial charge in [-0.2, -0.15) is 0 Å². The van der Waals surface area contributed by atoms with Crippen LogP contribution >= 0.6 is 59.0 Å². The Labute approximate surface area is 151 Å². The smallest absolute Gasteiger partial charge is 0.0546 e. The van der Waals surface area contributed by atoms with Gasteiger partial charge < -0.3 is 4.90 Å². The van der Waals surface area contributed by atoms with Crippen molar-refractivity contribution in [2.45, 2.75) is 16.3 Å². The zero-order chi connectivity index (χ0) is 14.7. The lowest BCUT2D eigenvalue weighted by molar-refractivity contribution is 0.399. The molecule has 0 aromatic heterocycles. The molecule has 0 saturated carbocycles. The van der Waals surface area contributed by atoms with Crippen molar-refractivity contribution in [3.63, 3.8) is 0 Å². The molecule has 0 amide bonds. The third kappa shape index (κ3) is 5.55. The molecular weight excluding hydrogens is 368 g/mol. The highest BCUT2D eigenvalue weighted by Crippen LogP contribution is 2.37. The van der Waals surface area contributed by atoms with Crippen LogP contribution in [0.1, 0.15) is 5.56 Å². The SMILES string of the molecule is CN(C)Cc1cc(Cl)ccc1Sc1cc(Cl)ccc1Cl.Cl. The lowest BCUT2D eigenvalue weighted by Gasteiger charge is -2.15. The second-order valence-corrected chi connectivity index (χ2v) is 7.03. The second-order valence-electron chi connectivity index (χ2n) is 4.67. The van der Waals surface area contributed by atoms with Crippen molar-refractivity contribution in [2.24, 2.45) is 0 Å². The first-order valence-electron chi connectivity index (χ1n) is 6.02. The maximum atomic E-state index is 6.22. The van der Waals surface area contributed by atoms with E-state index in [9.17, 15) is 0 Å². The van der Waals surface area contributed by atoms with E-state index in [2.05, 4.69) is 4.90 Å². The molecule has 0 saturated heterocycles. The molecule has 0 fully saturated rings. The van der Waals surface area contributed by atoms with Crippen LogP contribution in [0.3, 0.4) is 0 Å². The molecule has 114 valence electrons. The lowest BCUT2D eigenvalue weighted by atomic mass is 10.2. The van der Waals surface area contributed by atoms with Crippen molar-refractivity contribution < 1.29 is 0 Å². The topological polar surface area (TPSA) is 3.24 Å². The highest BCUT2D eigenvalue weighted by Gasteiger charge is 2.09. The van der Waals surface area contributed by atoms with Crippen molar-refractivity contribution in [1.29, 1.82) is 0 Å². The quantitative estimate of drug-likeness (QED) is 0.611. The predicted octanol–water partition coefficient (Wildman–Crippen LogP) is 6.28. The molecule has 6 heteroatoms. The largest absolute Gasteiger partial charge is 0.305 e. The highest BCUT2D eigenvalue weighted by atomic mass is 35.5. The molecule has 0 aliphatic carbocycles. The predicted molar refractivity (Wildman–Crippen MR) is 96.7 cm³/mol. The zero-order valence-corrected chi connectivity index (χ0v) is 15.5. The summed E-state index contributed by atoms with van der Waals surface area (Å²) in [4.78, 5) is 4.18. The number of nitrogens with zero attached hydrogens (tertiary/aromatic N) is 1. The highest BCUT2D eigenvalue weighted by molar-refractivity contribution is 7.99. The minimum atomic E-state index is 0. The molecule has 2 aromatic rings. The summed E-state index contributed by atoms with van der Waals surface area (Å²) in [6.07, 6.45) is 0. The molecule has 0 aliphatic heterocycles. The number of hydrogen-bond acceptors (Lipinski definition) is 2. The fraction of sp³-hybridized carbons (Fsp3) is 0.200. The van der Waals surface area contributed by atoms with E-state index in [1.165, 1.54) is 5.56 Å². The van der Waals surface area contributed by atoms with Gasteiger partial charge in [0.15, 0.2) is 0 Å². The Morgan fingerprint density at radius 2 is 1.52 bits per heavy atom. The minimum Gasteiger partial charge on any atom is -0.305 e. The summed E-state index contributed by atoms with van der Waals surface area (Å²) in [6.45, 7) is 0.821. The van der Waals surface area contributed by atoms with E-state index in [1.807, 2.05) is 44.4 Å². The van der Waals surface area contributed by atoms with Gasteiger partial charge in [0.2, 0.25) is 0 Å². The van der Waals surface area contributed by atoms with E-state index in [1.54, 1.807) is 17.8 Å². The van der Waals surface area contributed by atoms with Gasteiger partial charge in [-0.25, -0.2) is 0 Å². The summed E-state index contributed by atoms with van der Waals surface area (Å²) >= 11 is 19.9. The van der Waals surface area contributed by atoms with Gasteiger partial charge in [-0.15, -0.1) is 12.4 Å². The molecule has 21 heavy (non-hydrogen) atoms. The lowest BCUT2D eigenvalue weighted by Crippen LogP contribution is -2.11. The Hall–Kier alpha value is -0.0900. The molecule has 0 atom stereocenters. The fourth-order valence-corrected chi connectivity index (χ4v) is 3.43. The van der Waals surface area contributed by atoms with Gasteiger partial charge in [0, 0.05) is 26.4 Å². The molecule has 2 rings (SSSR count). The van der Waals surface area contributed by atoms with Crippen LogP contribution in [0.2, 0.25) is 15.1 Å². The van der Waals surface area contributed by atoms with Gasteiger partial charge in [-0.05, 0) is 56.1 Å². The summed E-state index contributed by atoms with van der Waals surface area (Å²) in [5, 5.41) is 2.12. The number of benzene rings is 2. The van der Waals surface area contributed by atoms with Crippen LogP contribution < -0.4 is 0 Å². The Morgan fingerprint density at radius 3 is 2.19 bits per heavy atom. The maximum absolute atomic E-state index is 6.22. The average molecular weight is 383 g/mol. The van der Waals surface area contributed by atoms with Crippen LogP contribution in [0.4, 0.5) is 0 Å². The van der Waals surface area contributed by atoms with Crippen LogP contribution in [0, 0.1) is 0 Å². The Bertz CT molecular complexity index is 617. The monoisotopic (exact) mass is 381 g/mol. The fourth-order valence-electron chi connectivity index (χ4n) is 1.79. The number of halogens is 4. The molecule has 1 nitrogen and oxygen atoms in total. The third-order valence-electron chi connectivity index (χ3n) is 2.62. The van der Waals surface area contributed by atoms with Crippen molar-refractivity contribution in [2.75, 3.05) is 14.1 Å². The number of hydrogen-bond donors (Lipinski definition) is 0. The summed E-state index contributed by atoms with van der Waals surface area (Å²) in [5.74, 6) is 0. The van der Waals surface area contributed by atoms with Crippen molar-refractivity contribution in [3.8, 4) is 0 Å². The molecule has 0 radical (unpaired) electrons. The molecular formula is C15H15Cl4NS. The van der Waals surface area contributed by atoms with Gasteiger partial charge in [0.1, 0.15) is 0 Å². The molecule has 0 bridgehead atoms. The summed E-state index contributed by atoms with van der Waals surface area (Å²) in [7, 11) is 4.06. The van der Waals surface area contributed by atoms with E-state index in [-0.39, 0.29) is 12.4 Å². The normalized spacial score (nSPS) is 10.6. The molecule has 2 aromatic carbocycles. The minimum absolute atomic E-state index is 0. The third-order valence-corrected chi connectivity index (χ3v) is 4.71. The van der Waals surface area contributed by atoms with E-state index in [0.29, 0.717) is 10.0 Å². The van der Waals surface area contributed by atoms with Crippen molar-refractivity contribution in [3.05, 3.63) is 57.0 Å². The van der Waals surface area contributed by atoms with Gasteiger partial charge in [0.05, 0.1) is 5.02 Å². The molecule has 0 spiro atoms. The Kier molecular flexibility index (Phi) is 7.69. The van der Waals surface area contributed by atoms with E-state index in [4.69, 9.17) is 34.8 Å². The molecule has 0 unspecified atom stereocenters. The number of rotatable bonds is 4. The van der Waals surface area contributed by atoms with Crippen LogP contribution in [0.25, 0.3) is 0 Å². The van der Waals surface area contributed by atoms with Gasteiger partial charge in [-0.1, -0.05) is 46.6 Å². The van der Waals surface area contributed by atoms with Crippen LogP contribution in [0.15, 0.2) is 46.2 Å². The summed E-state index contributed by atoms with van der Waals surface area (Å²) in [5.41, 5.74) is 1.17. The van der Waals surface area contributed by atoms with Crippen LogP contribution in [-0.4, -0.2) is 19.0 Å². The van der Waals surface area contributed by atoms with Crippen molar-refractivity contribution >= 4 is 59.0 Å². The van der Waals surface area contributed by atoms with Gasteiger partial charge in [0.25, 0.3) is 0 Å². The average Bonchev–Trinajstić information content (AvgIpc) is 2.36. The first-order chi connectivity index (χ1) is 9.45. The Morgan fingerprint density at radius 1 is 0.905 bits per heavy atom. The summed E-state index contributed by atoms with van der Waals surface area (Å²) in [6, 6.07) is 11.4. The van der Waals surface area contributed by atoms with Crippen LogP contribution in [-0.2, 0) is 6.54 Å². The van der Waals surface area contributed by atoms with Gasteiger partial charge in [-0.3, -0.25) is 0 Å². The Balaban J connectivity index is 0.00000220. The first kappa shape index (κ1) is 19.0. The van der Waals surface area contributed by atoms with E-state index >= 15 is 0 Å².